The summed E-state index contributed by atoms with van der Waals surface area (Å²) < 4.78 is 12.3. The predicted octanol–water partition coefficient (Wildman–Crippen LogP) is 3.20. The first-order chi connectivity index (χ1) is 18.5. The van der Waals surface area contributed by atoms with Crippen molar-refractivity contribution in [3.63, 3.8) is 0 Å². The van der Waals surface area contributed by atoms with E-state index in [0.29, 0.717) is 35.8 Å². The van der Waals surface area contributed by atoms with Crippen molar-refractivity contribution in [2.45, 2.75) is 69.6 Å². The zero-order valence-electron chi connectivity index (χ0n) is 21.7. The van der Waals surface area contributed by atoms with Crippen LogP contribution in [0.1, 0.15) is 72.2 Å². The highest BCUT2D eigenvalue weighted by molar-refractivity contribution is 6.04. The van der Waals surface area contributed by atoms with Gasteiger partial charge >= 0.3 is 0 Å². The first-order valence-corrected chi connectivity index (χ1v) is 13.5. The molecule has 0 radical (unpaired) electrons. The molecular formula is C28H35N5O5. The first kappa shape index (κ1) is 26.1. The van der Waals surface area contributed by atoms with E-state index >= 15 is 0 Å². The van der Waals surface area contributed by atoms with Crippen molar-refractivity contribution >= 4 is 23.4 Å². The van der Waals surface area contributed by atoms with Gasteiger partial charge in [-0.2, -0.15) is 0 Å². The number of nitrogens with one attached hydrogen (secondary N) is 2. The summed E-state index contributed by atoms with van der Waals surface area (Å²) in [5.41, 5.74) is 1.01. The molecule has 1 saturated heterocycles. The second-order valence-electron chi connectivity index (χ2n) is 10.4. The van der Waals surface area contributed by atoms with Crippen molar-refractivity contribution in [1.82, 2.24) is 20.2 Å². The maximum atomic E-state index is 13.4. The molecule has 10 nitrogen and oxygen atoms in total. The van der Waals surface area contributed by atoms with Crippen LogP contribution >= 0.6 is 0 Å². The maximum absolute atomic E-state index is 13.4. The first-order valence-electron chi connectivity index (χ1n) is 13.5. The highest BCUT2D eigenvalue weighted by Gasteiger charge is 2.39. The Morgan fingerprint density at radius 3 is 2.74 bits per heavy atom. The molecule has 5 rings (SSSR count). The van der Waals surface area contributed by atoms with E-state index in [1.165, 1.54) is 50.7 Å². The molecule has 1 aromatic carbocycles. The lowest BCUT2D eigenvalue weighted by Gasteiger charge is -2.42. The summed E-state index contributed by atoms with van der Waals surface area (Å²) in [6.07, 6.45) is 11.7. The standard InChI is InChI=1S/C28H35N5O5/c1-33-23-9-8-20(14-26(34)31-15-18-5-3-2-4-6-18)38-25(23)17-37-24-10-7-19(13-21(24)28(33)36)32-27(35)22-16-29-11-12-30-22/h7,10-13,16,18,20,23,25H,2-6,8-9,14-15,17H2,1H3,(H,31,34)(H,32,35)/t20-,23-,25-/m1/s1. The van der Waals surface area contributed by atoms with Crippen LogP contribution in [0.4, 0.5) is 5.69 Å². The number of carbonyl (C=O) groups excluding carboxylic acids is 3. The largest absolute Gasteiger partial charge is 0.490 e. The van der Waals surface area contributed by atoms with Crippen molar-refractivity contribution in [3.8, 4) is 5.75 Å². The minimum Gasteiger partial charge on any atom is -0.490 e. The van der Waals surface area contributed by atoms with Gasteiger partial charge in [0.25, 0.3) is 11.8 Å². The Bertz CT molecular complexity index is 1150. The fraction of sp³-hybridized carbons (Fsp3) is 0.536. The molecule has 2 aliphatic heterocycles. The molecule has 3 heterocycles. The summed E-state index contributed by atoms with van der Waals surface area (Å²) in [6.45, 7) is 1.01. The van der Waals surface area contributed by atoms with E-state index in [9.17, 15) is 14.4 Å². The van der Waals surface area contributed by atoms with E-state index in [-0.39, 0.29) is 42.4 Å². The van der Waals surface area contributed by atoms with Crippen molar-refractivity contribution in [2.24, 2.45) is 5.92 Å². The van der Waals surface area contributed by atoms with Crippen molar-refractivity contribution in [3.05, 3.63) is 48.0 Å². The highest BCUT2D eigenvalue weighted by atomic mass is 16.5. The number of aromatic nitrogens is 2. The van der Waals surface area contributed by atoms with Gasteiger partial charge in [-0.05, 0) is 49.8 Å². The number of hydrogen-bond donors (Lipinski definition) is 2. The van der Waals surface area contributed by atoms with Gasteiger partial charge in [-0.25, -0.2) is 4.98 Å². The van der Waals surface area contributed by atoms with Gasteiger partial charge in [0.2, 0.25) is 5.91 Å². The van der Waals surface area contributed by atoms with Gasteiger partial charge in [0.15, 0.2) is 0 Å². The van der Waals surface area contributed by atoms with Gasteiger partial charge in [0.1, 0.15) is 24.2 Å². The second kappa shape index (κ2) is 11.9. The SMILES string of the molecule is CN1C(=O)c2cc(NC(=O)c3cnccn3)ccc2OC[C@H]2O[C@@H](CC(=O)NCC3CCCCC3)CC[C@H]21. The molecule has 1 aromatic heterocycles. The van der Waals surface area contributed by atoms with E-state index in [4.69, 9.17) is 9.47 Å². The topological polar surface area (TPSA) is 123 Å². The number of nitrogens with zero attached hydrogens (tertiary/aromatic N) is 3. The number of fused-ring (bicyclic) bond motifs is 2. The molecule has 0 bridgehead atoms. The molecule has 1 aliphatic carbocycles. The number of anilines is 1. The lowest BCUT2D eigenvalue weighted by Crippen LogP contribution is -2.54. The van der Waals surface area contributed by atoms with Crippen LogP contribution < -0.4 is 15.4 Å². The minimum atomic E-state index is -0.416. The van der Waals surface area contributed by atoms with Crippen LogP contribution in [0, 0.1) is 5.92 Å². The van der Waals surface area contributed by atoms with E-state index < -0.39 is 5.91 Å². The summed E-state index contributed by atoms with van der Waals surface area (Å²) in [4.78, 5) is 48.1. The molecule has 202 valence electrons. The maximum Gasteiger partial charge on any atom is 0.275 e. The van der Waals surface area contributed by atoms with Crippen LogP contribution in [0.25, 0.3) is 0 Å². The molecule has 0 unspecified atom stereocenters. The van der Waals surface area contributed by atoms with E-state index in [2.05, 4.69) is 20.6 Å². The third-order valence-electron chi connectivity index (χ3n) is 7.79. The molecule has 3 atom stereocenters. The molecule has 2 N–H and O–H groups in total. The van der Waals surface area contributed by atoms with Crippen LogP contribution in [-0.2, 0) is 9.53 Å². The molecule has 3 amide bonds. The summed E-state index contributed by atoms with van der Waals surface area (Å²) in [6, 6.07) is 4.80. The number of amides is 3. The molecule has 2 fully saturated rings. The molecule has 3 aliphatic rings. The summed E-state index contributed by atoms with van der Waals surface area (Å²) >= 11 is 0. The number of carbonyl (C=O) groups is 3. The molecule has 38 heavy (non-hydrogen) atoms. The summed E-state index contributed by atoms with van der Waals surface area (Å²) in [5, 5.41) is 5.86. The van der Waals surface area contributed by atoms with Crippen LogP contribution in [0.5, 0.6) is 5.75 Å². The molecule has 1 saturated carbocycles. The Kier molecular flexibility index (Phi) is 8.17. The predicted molar refractivity (Wildman–Crippen MR) is 140 cm³/mol. The average Bonchev–Trinajstić information content (AvgIpc) is 2.95. The van der Waals surface area contributed by atoms with E-state index in [1.807, 2.05) is 0 Å². The van der Waals surface area contributed by atoms with E-state index in [0.717, 1.165) is 13.0 Å². The molecule has 10 heteroatoms. The Morgan fingerprint density at radius 1 is 1.11 bits per heavy atom. The number of hydrogen-bond acceptors (Lipinski definition) is 7. The number of ether oxygens (including phenoxy) is 2. The monoisotopic (exact) mass is 521 g/mol. The second-order valence-corrected chi connectivity index (χ2v) is 10.4. The molecule has 2 aromatic rings. The zero-order valence-corrected chi connectivity index (χ0v) is 21.7. The number of benzene rings is 1. The van der Waals surface area contributed by atoms with Crippen LogP contribution in [0.15, 0.2) is 36.8 Å². The smallest absolute Gasteiger partial charge is 0.275 e. The third kappa shape index (κ3) is 6.12. The van der Waals surface area contributed by atoms with Crippen LogP contribution in [0.3, 0.4) is 0 Å². The quantitative estimate of drug-likeness (QED) is 0.599. The Labute approximate surface area is 222 Å². The van der Waals surface area contributed by atoms with Gasteiger partial charge in [-0.15, -0.1) is 0 Å². The van der Waals surface area contributed by atoms with E-state index in [1.54, 1.807) is 30.1 Å². The normalized spacial score (nSPS) is 23.8. The fourth-order valence-corrected chi connectivity index (χ4v) is 5.65. The Morgan fingerprint density at radius 2 is 1.95 bits per heavy atom. The molecule has 0 spiro atoms. The van der Waals surface area contributed by atoms with Crippen LogP contribution in [-0.4, -0.2) is 71.0 Å². The van der Waals surface area contributed by atoms with Gasteiger partial charge in [-0.3, -0.25) is 19.4 Å². The Hall–Kier alpha value is -3.53. The van der Waals surface area contributed by atoms with Crippen LogP contribution in [0.2, 0.25) is 0 Å². The zero-order chi connectivity index (χ0) is 26.5. The lowest BCUT2D eigenvalue weighted by atomic mass is 9.89. The van der Waals surface area contributed by atoms with Crippen molar-refractivity contribution in [2.75, 3.05) is 25.5 Å². The highest BCUT2D eigenvalue weighted by Crippen LogP contribution is 2.32. The number of likely N-dealkylation sites (N-methyl/N-ethyl adjacent to an activating group) is 1. The van der Waals surface area contributed by atoms with Gasteiger partial charge in [-0.1, -0.05) is 19.3 Å². The number of rotatable bonds is 6. The van der Waals surface area contributed by atoms with Gasteiger partial charge in [0, 0.05) is 31.7 Å². The lowest BCUT2D eigenvalue weighted by molar-refractivity contribution is -0.134. The van der Waals surface area contributed by atoms with Gasteiger partial charge in [0.05, 0.1) is 30.3 Å². The van der Waals surface area contributed by atoms with Gasteiger partial charge < -0.3 is 25.0 Å². The third-order valence-corrected chi connectivity index (χ3v) is 7.79. The summed E-state index contributed by atoms with van der Waals surface area (Å²) in [7, 11) is 1.76. The van der Waals surface area contributed by atoms with Crippen molar-refractivity contribution in [1.29, 1.82) is 0 Å². The fourth-order valence-electron chi connectivity index (χ4n) is 5.65. The van der Waals surface area contributed by atoms with Crippen molar-refractivity contribution < 1.29 is 23.9 Å². The average molecular weight is 522 g/mol. The summed E-state index contributed by atoms with van der Waals surface area (Å²) in [5.74, 6) is 0.409. The Balaban J connectivity index is 1.20. The molecular weight excluding hydrogens is 486 g/mol. The minimum absolute atomic E-state index is 0.0247.